The third-order valence-electron chi connectivity index (χ3n) is 1.28. The lowest BCUT2D eigenvalue weighted by Gasteiger charge is -2.01. The zero-order chi connectivity index (χ0) is 10.1. The summed E-state index contributed by atoms with van der Waals surface area (Å²) in [7, 11) is -1.16. The summed E-state index contributed by atoms with van der Waals surface area (Å²) in [5.74, 6) is -0.662. The Morgan fingerprint density at radius 3 is 2.46 bits per heavy atom. The maximum absolute atomic E-state index is 12.7. The van der Waals surface area contributed by atoms with Gasteiger partial charge in [-0.25, -0.2) is 4.39 Å². The summed E-state index contributed by atoms with van der Waals surface area (Å²) >= 11 is 2.95. The molecule has 0 saturated heterocycles. The Labute approximate surface area is 83.8 Å². The van der Waals surface area contributed by atoms with E-state index in [0.717, 1.165) is 12.1 Å². The van der Waals surface area contributed by atoms with Gasteiger partial charge in [-0.1, -0.05) is 15.9 Å². The summed E-state index contributed by atoms with van der Waals surface area (Å²) in [5.41, 5.74) is 0. The first-order valence-corrected chi connectivity index (χ1v) is 5.30. The Bertz CT molecular complexity index is 395. The number of halogens is 2. The van der Waals surface area contributed by atoms with Crippen molar-refractivity contribution in [3.63, 3.8) is 0 Å². The van der Waals surface area contributed by atoms with Gasteiger partial charge in [0.2, 0.25) is 0 Å². The molecule has 6 heteroatoms. The molecule has 0 aliphatic rings. The first kappa shape index (κ1) is 10.6. The lowest BCUT2D eigenvalue weighted by Crippen LogP contribution is -2.01. The summed E-state index contributed by atoms with van der Waals surface area (Å²) in [6.07, 6.45) is 0. The molecule has 0 spiro atoms. The number of rotatable bonds is 2. The minimum atomic E-state index is -3.92. The Hall–Kier alpha value is -0.460. The molecule has 0 bridgehead atoms. The van der Waals surface area contributed by atoms with E-state index in [-0.39, 0.29) is 4.90 Å². The van der Waals surface area contributed by atoms with E-state index in [4.69, 9.17) is 0 Å². The number of hydrogen-bond acceptors (Lipinski definition) is 3. The highest BCUT2D eigenvalue weighted by Crippen LogP contribution is 2.19. The van der Waals surface area contributed by atoms with Gasteiger partial charge in [-0.05, 0) is 18.2 Å². The smallest absolute Gasteiger partial charge is 0.264 e. The molecular weight excluding hydrogens is 263 g/mol. The maximum atomic E-state index is 12.7. The van der Waals surface area contributed by atoms with Crippen LogP contribution in [0.2, 0.25) is 0 Å². The van der Waals surface area contributed by atoms with Gasteiger partial charge in [0.05, 0.1) is 12.0 Å². The summed E-state index contributed by atoms with van der Waals surface area (Å²) < 4.78 is 39.1. The van der Waals surface area contributed by atoms with Gasteiger partial charge in [-0.15, -0.1) is 0 Å². The van der Waals surface area contributed by atoms with Crippen molar-refractivity contribution in [1.29, 1.82) is 0 Å². The van der Waals surface area contributed by atoms with Crippen molar-refractivity contribution in [1.82, 2.24) is 0 Å². The molecular formula is C7H5BrFO3S. The molecule has 0 atom stereocenters. The van der Waals surface area contributed by atoms with Gasteiger partial charge in [0.1, 0.15) is 5.82 Å². The van der Waals surface area contributed by atoms with Crippen LogP contribution in [0.3, 0.4) is 0 Å². The Morgan fingerprint density at radius 2 is 2.00 bits per heavy atom. The van der Waals surface area contributed by atoms with Crippen LogP contribution < -0.4 is 0 Å². The SMILES string of the molecule is [CH2]OS(=O)(=O)c1cc(F)cc(Br)c1. The fourth-order valence-corrected chi connectivity index (χ4v) is 2.02. The van der Waals surface area contributed by atoms with E-state index in [2.05, 4.69) is 27.2 Å². The highest BCUT2D eigenvalue weighted by molar-refractivity contribution is 9.10. The van der Waals surface area contributed by atoms with Crippen molar-refractivity contribution < 1.29 is 17.0 Å². The molecule has 0 unspecified atom stereocenters. The van der Waals surface area contributed by atoms with Crippen LogP contribution >= 0.6 is 15.9 Å². The molecule has 1 rings (SSSR count). The van der Waals surface area contributed by atoms with Crippen molar-refractivity contribution in [3.8, 4) is 0 Å². The maximum Gasteiger partial charge on any atom is 0.297 e. The van der Waals surface area contributed by atoms with Crippen molar-refractivity contribution in [2.24, 2.45) is 0 Å². The molecule has 1 radical (unpaired) electrons. The van der Waals surface area contributed by atoms with Gasteiger partial charge in [0.25, 0.3) is 10.1 Å². The van der Waals surface area contributed by atoms with Crippen LogP contribution in [0.4, 0.5) is 4.39 Å². The van der Waals surface area contributed by atoms with Crippen LogP contribution in [0.25, 0.3) is 0 Å². The zero-order valence-corrected chi connectivity index (χ0v) is 8.73. The molecule has 0 amide bonds. The van der Waals surface area contributed by atoms with Gasteiger partial charge in [-0.3, -0.25) is 4.18 Å². The summed E-state index contributed by atoms with van der Waals surface area (Å²) in [4.78, 5) is -0.269. The van der Waals surface area contributed by atoms with Crippen LogP contribution in [0.15, 0.2) is 27.6 Å². The molecule has 71 valence electrons. The zero-order valence-electron chi connectivity index (χ0n) is 6.33. The summed E-state index contributed by atoms with van der Waals surface area (Å²) in [6.45, 7) is 0. The number of benzene rings is 1. The first-order valence-electron chi connectivity index (χ1n) is 3.10. The molecule has 1 aromatic carbocycles. The minimum absolute atomic E-state index is 0.269. The van der Waals surface area contributed by atoms with Crippen LogP contribution in [0, 0.1) is 12.9 Å². The van der Waals surface area contributed by atoms with Gasteiger partial charge in [-0.2, -0.15) is 8.42 Å². The highest BCUT2D eigenvalue weighted by atomic mass is 79.9. The fourth-order valence-electron chi connectivity index (χ4n) is 0.741. The molecule has 0 aliphatic carbocycles. The molecule has 0 N–H and O–H groups in total. The van der Waals surface area contributed by atoms with Gasteiger partial charge in [0.15, 0.2) is 0 Å². The number of hydrogen-bond donors (Lipinski definition) is 0. The Morgan fingerprint density at radius 1 is 1.38 bits per heavy atom. The minimum Gasteiger partial charge on any atom is -0.264 e. The predicted octanol–water partition coefficient (Wildman–Crippen LogP) is 2.09. The third-order valence-corrected chi connectivity index (χ3v) is 2.86. The van der Waals surface area contributed by atoms with Crippen molar-refractivity contribution >= 4 is 26.0 Å². The lowest BCUT2D eigenvalue weighted by molar-refractivity contribution is 0.437. The second-order valence-corrected chi connectivity index (χ2v) is 4.71. The van der Waals surface area contributed by atoms with E-state index >= 15 is 0 Å². The quantitative estimate of drug-likeness (QED) is 0.771. The predicted molar refractivity (Wildman–Crippen MR) is 47.7 cm³/mol. The normalized spacial score (nSPS) is 11.6. The van der Waals surface area contributed by atoms with Gasteiger partial charge in [0, 0.05) is 4.47 Å². The average Bonchev–Trinajstić information content (AvgIpc) is 2.02. The molecule has 0 saturated carbocycles. The van der Waals surface area contributed by atoms with Crippen LogP contribution in [-0.2, 0) is 14.3 Å². The lowest BCUT2D eigenvalue weighted by atomic mass is 10.3. The molecule has 3 nitrogen and oxygen atoms in total. The summed E-state index contributed by atoms with van der Waals surface area (Å²) in [6, 6.07) is 3.22. The standard InChI is InChI=1S/C7H5BrFO3S/c1-12-13(10,11)7-3-5(8)2-6(9)4-7/h2-4H,1H2. The van der Waals surface area contributed by atoms with E-state index in [1.165, 1.54) is 6.07 Å². The Kier molecular flexibility index (Phi) is 3.05. The fraction of sp³-hybridized carbons (Fsp3) is 0. The molecule has 0 aliphatic heterocycles. The van der Waals surface area contributed by atoms with Crippen LogP contribution in [0.1, 0.15) is 0 Å². The summed E-state index contributed by atoms with van der Waals surface area (Å²) in [5, 5.41) is 0. The van der Waals surface area contributed by atoms with E-state index < -0.39 is 15.9 Å². The molecule has 1 aromatic rings. The molecule has 0 fully saturated rings. The van der Waals surface area contributed by atoms with E-state index in [1.807, 2.05) is 0 Å². The first-order chi connectivity index (χ1) is 5.95. The second kappa shape index (κ2) is 3.73. The second-order valence-electron chi connectivity index (χ2n) is 2.18. The van der Waals surface area contributed by atoms with Crippen LogP contribution in [0.5, 0.6) is 0 Å². The Balaban J connectivity index is 3.32. The highest BCUT2D eigenvalue weighted by Gasteiger charge is 2.14. The van der Waals surface area contributed by atoms with Gasteiger partial charge < -0.3 is 0 Å². The molecule has 0 heterocycles. The van der Waals surface area contributed by atoms with Gasteiger partial charge >= 0.3 is 0 Å². The third kappa shape index (κ3) is 2.49. The van der Waals surface area contributed by atoms with Crippen LogP contribution in [-0.4, -0.2) is 8.42 Å². The molecule has 13 heavy (non-hydrogen) atoms. The van der Waals surface area contributed by atoms with Crippen molar-refractivity contribution in [2.75, 3.05) is 0 Å². The van der Waals surface area contributed by atoms with Crippen molar-refractivity contribution in [2.45, 2.75) is 4.90 Å². The van der Waals surface area contributed by atoms with E-state index in [1.54, 1.807) is 0 Å². The largest absolute Gasteiger partial charge is 0.297 e. The molecule has 0 aromatic heterocycles. The monoisotopic (exact) mass is 267 g/mol. The van der Waals surface area contributed by atoms with E-state index in [9.17, 15) is 12.8 Å². The topological polar surface area (TPSA) is 43.4 Å². The average molecular weight is 268 g/mol. The van der Waals surface area contributed by atoms with Crippen molar-refractivity contribution in [3.05, 3.63) is 35.6 Å². The van der Waals surface area contributed by atoms with E-state index in [0.29, 0.717) is 4.47 Å².